The number of anilines is 4. The number of allylic oxidation sites excluding steroid dienone is 1. The Morgan fingerprint density at radius 1 is 0.533 bits per heavy atom. The van der Waals surface area contributed by atoms with Crippen molar-refractivity contribution in [2.75, 3.05) is 9.80 Å². The summed E-state index contributed by atoms with van der Waals surface area (Å²) in [7, 11) is 1.07. The Kier molecular flexibility index (Phi) is 6.43. The van der Waals surface area contributed by atoms with Crippen LogP contribution in [-0.4, -0.2) is 10.2 Å². The molecule has 0 aliphatic carbocycles. The van der Waals surface area contributed by atoms with Crippen molar-refractivity contribution in [1.29, 1.82) is 0 Å². The van der Waals surface area contributed by atoms with E-state index < -0.39 is 0 Å². The van der Waals surface area contributed by atoms with Crippen LogP contribution in [0, 0.1) is 0 Å². The average Bonchev–Trinajstić information content (AvgIpc) is 2.84. The number of nitrogens with zero attached hydrogens (tertiary/aromatic N) is 2. The van der Waals surface area contributed by atoms with Crippen molar-refractivity contribution in [3.63, 3.8) is 0 Å². The molecule has 0 N–H and O–H groups in total. The van der Waals surface area contributed by atoms with E-state index in [1.54, 1.807) is 0 Å². The quantitative estimate of drug-likeness (QED) is 0.333. The number of hydrogen-bond donors (Lipinski definition) is 0. The Balaban J connectivity index is 1.85. The molecule has 0 spiro atoms. The molecule has 0 radical (unpaired) electrons. The second-order valence-electron chi connectivity index (χ2n) is 7.02. The van der Waals surface area contributed by atoms with Crippen molar-refractivity contribution in [3.8, 4) is 0 Å². The summed E-state index contributed by atoms with van der Waals surface area (Å²) in [6.45, 7) is 0. The molecule has 0 aliphatic heterocycles. The smallest absolute Gasteiger partial charge is 0.0458 e. The Morgan fingerprint density at radius 3 is 1.20 bits per heavy atom. The zero-order valence-corrected chi connectivity index (χ0v) is 19.2. The molecule has 0 aromatic heterocycles. The minimum absolute atomic E-state index is 1.03. The first-order valence-electron chi connectivity index (χ1n) is 10.4. The first kappa shape index (κ1) is 19.7. The van der Waals surface area contributed by atoms with Crippen LogP contribution in [0.3, 0.4) is 0 Å². The molecule has 4 rings (SSSR count). The summed E-state index contributed by atoms with van der Waals surface area (Å²) in [5.74, 6) is 0. The van der Waals surface area contributed by atoms with Crippen molar-refractivity contribution in [2.24, 2.45) is 0 Å². The molecule has 0 aliphatic rings. The third-order valence-electron chi connectivity index (χ3n) is 5.03. The fraction of sp³-hybridized carbons (Fsp3) is 0.0370. The van der Waals surface area contributed by atoms with E-state index in [1.165, 1.54) is 17.1 Å². The van der Waals surface area contributed by atoms with E-state index in [1.807, 2.05) is 0 Å². The average molecular weight is 407 g/mol. The van der Waals surface area contributed by atoms with Gasteiger partial charge in [0.15, 0.2) is 0 Å². The van der Waals surface area contributed by atoms with Gasteiger partial charge in [-0.2, -0.15) is 0 Å². The maximum Gasteiger partial charge on any atom is 0.0458 e. The largest absolute Gasteiger partial charge is 0.315 e. The number of hydrogen-bond acceptors (Lipinski definition) is 2. The molecule has 4 aromatic carbocycles. The lowest BCUT2D eigenvalue weighted by molar-refractivity contribution is 1.11. The molecule has 148 valence electrons. The van der Waals surface area contributed by atoms with E-state index in [0.717, 1.165) is 27.7 Å². The lowest BCUT2D eigenvalue weighted by Crippen LogP contribution is -2.20. The van der Waals surface area contributed by atoms with E-state index in [0.29, 0.717) is 0 Å². The fourth-order valence-corrected chi connectivity index (χ4v) is 4.07. The molecule has 0 heterocycles. The van der Waals surface area contributed by atoms with Crippen LogP contribution in [0.25, 0.3) is 0 Å². The summed E-state index contributed by atoms with van der Waals surface area (Å²) >= 11 is 0. The monoisotopic (exact) mass is 406 g/mol. The van der Waals surface area contributed by atoms with Gasteiger partial charge in [0.25, 0.3) is 0 Å². The molecule has 2 nitrogen and oxygen atoms in total. The van der Waals surface area contributed by atoms with E-state index in [2.05, 4.69) is 137 Å². The molecule has 4 aromatic rings. The number of benzene rings is 4. The summed E-state index contributed by atoms with van der Waals surface area (Å²) in [6.07, 6.45) is 2.29. The number of para-hydroxylation sites is 4. The molecule has 0 unspecified atom stereocenters. The lowest BCUT2D eigenvalue weighted by Gasteiger charge is -2.30. The molecule has 3 heteroatoms. The second kappa shape index (κ2) is 9.77. The Hall–Kier alpha value is -3.56. The van der Waals surface area contributed by atoms with Gasteiger partial charge in [-0.15, -0.1) is 0 Å². The zero-order chi connectivity index (χ0) is 20.6. The van der Waals surface area contributed by atoms with Gasteiger partial charge in [0.2, 0.25) is 0 Å². The minimum atomic E-state index is 1.03. The molecule has 0 saturated heterocycles. The van der Waals surface area contributed by atoms with Crippen molar-refractivity contribution < 1.29 is 0 Å². The van der Waals surface area contributed by atoms with Crippen molar-refractivity contribution in [3.05, 3.63) is 133 Å². The van der Waals surface area contributed by atoms with Crippen molar-refractivity contribution in [2.45, 2.75) is 6.04 Å². The van der Waals surface area contributed by atoms with Gasteiger partial charge >= 0.3 is 0 Å². The van der Waals surface area contributed by atoms with Crippen molar-refractivity contribution in [1.82, 2.24) is 0 Å². The third-order valence-corrected chi connectivity index (χ3v) is 5.75. The molecule has 0 bridgehead atoms. The summed E-state index contributed by atoms with van der Waals surface area (Å²) in [4.78, 5) is 4.65. The molecule has 30 heavy (non-hydrogen) atoms. The van der Waals surface area contributed by atoms with E-state index in [4.69, 9.17) is 0 Å². The lowest BCUT2D eigenvalue weighted by atomic mass is 10.2. The third kappa shape index (κ3) is 4.53. The van der Waals surface area contributed by atoms with Crippen LogP contribution in [0.2, 0.25) is 6.04 Å². The van der Waals surface area contributed by atoms with Gasteiger partial charge in [0.1, 0.15) is 0 Å². The van der Waals surface area contributed by atoms with Crippen LogP contribution < -0.4 is 9.80 Å². The van der Waals surface area contributed by atoms with Crippen LogP contribution >= 0.6 is 0 Å². The first-order valence-corrected chi connectivity index (χ1v) is 11.8. The van der Waals surface area contributed by atoms with Crippen LogP contribution in [0.1, 0.15) is 0 Å². The van der Waals surface area contributed by atoms with Gasteiger partial charge in [-0.25, -0.2) is 0 Å². The number of rotatable bonds is 7. The highest BCUT2D eigenvalue weighted by molar-refractivity contribution is 6.11. The summed E-state index contributed by atoms with van der Waals surface area (Å²) in [5, 5.41) is 0. The minimum Gasteiger partial charge on any atom is -0.315 e. The van der Waals surface area contributed by atoms with Crippen LogP contribution in [0.4, 0.5) is 22.7 Å². The zero-order valence-electron chi connectivity index (χ0n) is 17.2. The Bertz CT molecular complexity index is 986. The van der Waals surface area contributed by atoms with Crippen LogP contribution in [0.5, 0.6) is 0 Å². The van der Waals surface area contributed by atoms with Crippen molar-refractivity contribution >= 4 is 33.0 Å². The van der Waals surface area contributed by atoms with Gasteiger partial charge < -0.3 is 9.80 Å². The molecule has 0 saturated carbocycles. The highest BCUT2D eigenvalue weighted by Gasteiger charge is 2.16. The summed E-state index contributed by atoms with van der Waals surface area (Å²) in [5.41, 5.74) is 5.92. The SMILES string of the molecule is [SiH3]CC(=CN(c1ccccc1)c1ccccc1)N(c1ccccc1)c1ccccc1. The standard InChI is InChI=1S/C27H26N2Si/c30-22-27(29(25-17-9-3-10-18-25)26-19-11-4-12-20-26)21-28(23-13-5-1-6-14-23)24-15-7-2-8-16-24/h1-21H,22H2,30H3. The van der Waals surface area contributed by atoms with E-state index >= 15 is 0 Å². The molecule has 0 fully saturated rings. The van der Waals surface area contributed by atoms with Gasteiger partial charge in [0, 0.05) is 44.9 Å². The van der Waals surface area contributed by atoms with Crippen LogP contribution in [-0.2, 0) is 0 Å². The molecular weight excluding hydrogens is 380 g/mol. The normalized spacial score (nSPS) is 11.3. The molecular formula is C27H26N2Si. The van der Waals surface area contributed by atoms with Gasteiger partial charge in [-0.05, 0) is 54.6 Å². The predicted octanol–water partition coefficient (Wildman–Crippen LogP) is 6.29. The van der Waals surface area contributed by atoms with Gasteiger partial charge in [0.05, 0.1) is 0 Å². The highest BCUT2D eigenvalue weighted by Crippen LogP contribution is 2.33. The van der Waals surface area contributed by atoms with Gasteiger partial charge in [-0.1, -0.05) is 72.8 Å². The van der Waals surface area contributed by atoms with Gasteiger partial charge in [-0.3, -0.25) is 0 Å². The first-order chi connectivity index (χ1) is 14.9. The summed E-state index contributed by atoms with van der Waals surface area (Å²) < 4.78 is 0. The maximum atomic E-state index is 2.37. The maximum absolute atomic E-state index is 2.37. The fourth-order valence-electron chi connectivity index (χ4n) is 3.57. The summed E-state index contributed by atoms with van der Waals surface area (Å²) in [6, 6.07) is 43.4. The topological polar surface area (TPSA) is 6.48 Å². The highest BCUT2D eigenvalue weighted by atomic mass is 28.1. The molecule has 0 atom stereocenters. The Labute approximate surface area is 182 Å². The Morgan fingerprint density at radius 2 is 0.867 bits per heavy atom. The van der Waals surface area contributed by atoms with Crippen LogP contribution in [0.15, 0.2) is 133 Å². The molecule has 0 amide bonds. The van der Waals surface area contributed by atoms with E-state index in [-0.39, 0.29) is 0 Å². The predicted molar refractivity (Wildman–Crippen MR) is 133 cm³/mol. The second-order valence-corrected chi connectivity index (χ2v) is 7.73. The van der Waals surface area contributed by atoms with E-state index in [9.17, 15) is 0 Å².